The Hall–Kier alpha value is -0.980. The third-order valence-electron chi connectivity index (χ3n) is 3.03. The van der Waals surface area contributed by atoms with E-state index in [1.165, 1.54) is 16.7 Å². The lowest BCUT2D eigenvalue weighted by Crippen LogP contribution is -1.98. The average molecular weight is 206 g/mol. The van der Waals surface area contributed by atoms with E-state index in [4.69, 9.17) is 0 Å². The van der Waals surface area contributed by atoms with Gasteiger partial charge in [0, 0.05) is 0 Å². The molecular weight excluding hydrogens is 184 g/mol. The van der Waals surface area contributed by atoms with Gasteiger partial charge in [-0.3, -0.25) is 0 Å². The third kappa shape index (κ3) is 2.53. The van der Waals surface area contributed by atoms with E-state index < -0.39 is 0 Å². The first-order valence-electron chi connectivity index (χ1n) is 5.92. The number of aromatic hydroxyl groups is 1. The molecule has 1 heteroatoms. The van der Waals surface area contributed by atoms with E-state index in [1.54, 1.807) is 0 Å². The lowest BCUT2D eigenvalue weighted by atomic mass is 9.93. The standard InChI is InChI=1S/C14H22O/c1-5-7-12-9-10(3)11(4)14(15)13(12)8-6-2/h9,15H,5-8H2,1-4H3. The van der Waals surface area contributed by atoms with Gasteiger partial charge >= 0.3 is 0 Å². The number of aryl methyl sites for hydroxylation is 2. The van der Waals surface area contributed by atoms with Gasteiger partial charge in [-0.1, -0.05) is 32.8 Å². The van der Waals surface area contributed by atoms with Crippen molar-refractivity contribution in [1.82, 2.24) is 0 Å². The van der Waals surface area contributed by atoms with Gasteiger partial charge in [-0.2, -0.15) is 0 Å². The van der Waals surface area contributed by atoms with Crippen LogP contribution in [0.2, 0.25) is 0 Å². The van der Waals surface area contributed by atoms with E-state index >= 15 is 0 Å². The number of rotatable bonds is 4. The van der Waals surface area contributed by atoms with Crippen molar-refractivity contribution in [3.05, 3.63) is 28.3 Å². The molecule has 0 spiro atoms. The quantitative estimate of drug-likeness (QED) is 0.791. The SMILES string of the molecule is CCCc1cc(C)c(C)c(O)c1CCC. The van der Waals surface area contributed by atoms with E-state index in [0.29, 0.717) is 5.75 Å². The minimum Gasteiger partial charge on any atom is -0.507 e. The van der Waals surface area contributed by atoms with Gasteiger partial charge in [0.15, 0.2) is 0 Å². The first-order valence-corrected chi connectivity index (χ1v) is 5.92. The van der Waals surface area contributed by atoms with Crippen LogP contribution in [0.3, 0.4) is 0 Å². The van der Waals surface area contributed by atoms with Crippen molar-refractivity contribution < 1.29 is 5.11 Å². The summed E-state index contributed by atoms with van der Waals surface area (Å²) in [6.07, 6.45) is 4.29. The van der Waals surface area contributed by atoms with Crippen LogP contribution in [0.15, 0.2) is 6.07 Å². The molecule has 0 heterocycles. The van der Waals surface area contributed by atoms with E-state index in [0.717, 1.165) is 31.2 Å². The summed E-state index contributed by atoms with van der Waals surface area (Å²) in [5.74, 6) is 0.528. The van der Waals surface area contributed by atoms with Crippen LogP contribution >= 0.6 is 0 Å². The first-order chi connectivity index (χ1) is 7.11. The summed E-state index contributed by atoms with van der Waals surface area (Å²) in [6.45, 7) is 8.41. The van der Waals surface area contributed by atoms with Crippen LogP contribution < -0.4 is 0 Å². The summed E-state index contributed by atoms with van der Waals surface area (Å²) in [5, 5.41) is 10.1. The molecule has 0 bridgehead atoms. The molecule has 0 aliphatic rings. The Morgan fingerprint density at radius 2 is 1.67 bits per heavy atom. The predicted molar refractivity (Wildman–Crippen MR) is 65.6 cm³/mol. The Bertz CT molecular complexity index is 340. The average Bonchev–Trinajstić information content (AvgIpc) is 2.21. The van der Waals surface area contributed by atoms with Crippen LogP contribution in [-0.2, 0) is 12.8 Å². The molecule has 0 aliphatic carbocycles. The number of benzene rings is 1. The number of phenolic OH excluding ortho intramolecular Hbond substituents is 1. The van der Waals surface area contributed by atoms with E-state index in [9.17, 15) is 5.11 Å². The van der Waals surface area contributed by atoms with Gasteiger partial charge in [0.05, 0.1) is 0 Å². The zero-order valence-electron chi connectivity index (χ0n) is 10.4. The summed E-state index contributed by atoms with van der Waals surface area (Å²) in [4.78, 5) is 0. The lowest BCUT2D eigenvalue weighted by molar-refractivity contribution is 0.461. The molecule has 0 amide bonds. The van der Waals surface area contributed by atoms with Crippen molar-refractivity contribution in [2.45, 2.75) is 53.4 Å². The van der Waals surface area contributed by atoms with Crippen LogP contribution in [-0.4, -0.2) is 5.11 Å². The molecule has 0 atom stereocenters. The highest BCUT2D eigenvalue weighted by molar-refractivity contribution is 5.49. The van der Waals surface area contributed by atoms with E-state index in [2.05, 4.69) is 26.8 Å². The fourth-order valence-corrected chi connectivity index (χ4v) is 2.04. The molecular formula is C14H22O. The molecule has 0 saturated carbocycles. The zero-order valence-corrected chi connectivity index (χ0v) is 10.4. The summed E-state index contributed by atoms with van der Waals surface area (Å²) >= 11 is 0. The fraction of sp³-hybridized carbons (Fsp3) is 0.571. The highest BCUT2D eigenvalue weighted by atomic mass is 16.3. The Kier molecular flexibility index (Phi) is 4.19. The molecule has 1 nitrogen and oxygen atoms in total. The van der Waals surface area contributed by atoms with E-state index in [-0.39, 0.29) is 0 Å². The molecule has 1 rings (SSSR count). The molecule has 0 saturated heterocycles. The second-order valence-electron chi connectivity index (χ2n) is 4.30. The maximum absolute atomic E-state index is 10.1. The van der Waals surface area contributed by atoms with Crippen LogP contribution in [0, 0.1) is 13.8 Å². The maximum atomic E-state index is 10.1. The normalized spacial score (nSPS) is 10.7. The van der Waals surface area contributed by atoms with Crippen molar-refractivity contribution in [1.29, 1.82) is 0 Å². The third-order valence-corrected chi connectivity index (χ3v) is 3.03. The molecule has 84 valence electrons. The molecule has 1 N–H and O–H groups in total. The number of phenols is 1. The molecule has 15 heavy (non-hydrogen) atoms. The Labute approximate surface area is 93.1 Å². The van der Waals surface area contributed by atoms with Gasteiger partial charge in [0.25, 0.3) is 0 Å². The van der Waals surface area contributed by atoms with Crippen molar-refractivity contribution in [3.8, 4) is 5.75 Å². The highest BCUT2D eigenvalue weighted by Gasteiger charge is 2.11. The Balaban J connectivity index is 3.23. The van der Waals surface area contributed by atoms with Crippen LogP contribution in [0.1, 0.15) is 48.9 Å². The smallest absolute Gasteiger partial charge is 0.122 e. The summed E-state index contributed by atoms with van der Waals surface area (Å²) in [7, 11) is 0. The second-order valence-corrected chi connectivity index (χ2v) is 4.30. The molecule has 0 aliphatic heterocycles. The first kappa shape index (κ1) is 12.1. The van der Waals surface area contributed by atoms with Crippen molar-refractivity contribution in [3.63, 3.8) is 0 Å². The van der Waals surface area contributed by atoms with Gasteiger partial charge in [-0.05, 0) is 48.9 Å². The van der Waals surface area contributed by atoms with Gasteiger partial charge < -0.3 is 5.11 Å². The van der Waals surface area contributed by atoms with Crippen LogP contribution in [0.5, 0.6) is 5.75 Å². The van der Waals surface area contributed by atoms with Crippen LogP contribution in [0.4, 0.5) is 0 Å². The second kappa shape index (κ2) is 5.20. The highest BCUT2D eigenvalue weighted by Crippen LogP contribution is 2.30. The molecule has 0 fully saturated rings. The van der Waals surface area contributed by atoms with Gasteiger partial charge in [0.2, 0.25) is 0 Å². The monoisotopic (exact) mass is 206 g/mol. The largest absolute Gasteiger partial charge is 0.507 e. The minimum absolute atomic E-state index is 0.528. The Morgan fingerprint density at radius 1 is 1.07 bits per heavy atom. The molecule has 1 aromatic rings. The zero-order chi connectivity index (χ0) is 11.4. The summed E-state index contributed by atoms with van der Waals surface area (Å²) in [6, 6.07) is 2.24. The van der Waals surface area contributed by atoms with Crippen LogP contribution in [0.25, 0.3) is 0 Å². The molecule has 0 radical (unpaired) electrons. The minimum atomic E-state index is 0.528. The number of hydrogen-bond donors (Lipinski definition) is 1. The topological polar surface area (TPSA) is 20.2 Å². The molecule has 1 aromatic carbocycles. The van der Waals surface area contributed by atoms with Gasteiger partial charge in [-0.15, -0.1) is 0 Å². The van der Waals surface area contributed by atoms with Gasteiger partial charge in [0.1, 0.15) is 5.75 Å². The summed E-state index contributed by atoms with van der Waals surface area (Å²) in [5.41, 5.74) is 4.75. The molecule has 0 aromatic heterocycles. The molecule has 0 unspecified atom stereocenters. The summed E-state index contributed by atoms with van der Waals surface area (Å²) < 4.78 is 0. The Morgan fingerprint density at radius 3 is 2.20 bits per heavy atom. The van der Waals surface area contributed by atoms with Crippen molar-refractivity contribution in [2.24, 2.45) is 0 Å². The van der Waals surface area contributed by atoms with Crippen molar-refractivity contribution >= 4 is 0 Å². The van der Waals surface area contributed by atoms with Gasteiger partial charge in [-0.25, -0.2) is 0 Å². The lowest BCUT2D eigenvalue weighted by Gasteiger charge is -2.14. The van der Waals surface area contributed by atoms with E-state index in [1.807, 2.05) is 6.92 Å². The fourth-order valence-electron chi connectivity index (χ4n) is 2.04. The number of hydrogen-bond acceptors (Lipinski definition) is 1. The maximum Gasteiger partial charge on any atom is 0.122 e. The van der Waals surface area contributed by atoms with Crippen molar-refractivity contribution in [2.75, 3.05) is 0 Å². The predicted octanol–water partition coefficient (Wildman–Crippen LogP) is 3.91.